The molecule has 0 unspecified atom stereocenters. The molecule has 4 amide bonds. The molecule has 5 aliphatic rings. The fraction of sp³-hybridized carbons (Fsp3) is 0.362. The number of halogens is 2. The minimum Gasteiger partial charge on any atom is -0.497 e. The van der Waals surface area contributed by atoms with Crippen LogP contribution in [0.3, 0.4) is 0 Å². The molecule has 11 nitrogen and oxygen atoms in total. The Morgan fingerprint density at radius 1 is 0.833 bits per heavy atom. The first kappa shape index (κ1) is 40.2. The second kappa shape index (κ2) is 16.3. The lowest BCUT2D eigenvalue weighted by atomic mass is 9.49. The van der Waals surface area contributed by atoms with Crippen molar-refractivity contribution in [3.63, 3.8) is 0 Å². The SMILES string of the molecule is COc1ccc([C@@]23C(=O)N(Nc4ccc(Cl)cc4Cl)C(=O)[C@@H]2C[C@@H]2C(=CC[C@@H]4C(=O)N(C5CCN(Cc6ccccc6)CC5)C(=O)[C@@H]42)[C@@H]3c2ccc(OCCO)cc2)cc1. The molecule has 3 saturated heterocycles. The van der Waals surface area contributed by atoms with Gasteiger partial charge in [-0.25, -0.2) is 0 Å². The highest BCUT2D eigenvalue weighted by Gasteiger charge is 2.70. The Bertz CT molecular complexity index is 2330. The largest absolute Gasteiger partial charge is 0.497 e. The van der Waals surface area contributed by atoms with Gasteiger partial charge >= 0.3 is 0 Å². The molecule has 2 aliphatic carbocycles. The molecule has 3 aliphatic heterocycles. The summed E-state index contributed by atoms with van der Waals surface area (Å²) in [6, 6.07) is 29.4. The number of likely N-dealkylation sites (tertiary alicyclic amines) is 2. The molecule has 4 fully saturated rings. The van der Waals surface area contributed by atoms with Crippen LogP contribution in [0.5, 0.6) is 11.5 Å². The molecule has 0 spiro atoms. The van der Waals surface area contributed by atoms with E-state index in [4.69, 9.17) is 32.7 Å². The van der Waals surface area contributed by atoms with Gasteiger partial charge in [-0.3, -0.25) is 34.4 Å². The van der Waals surface area contributed by atoms with E-state index in [1.807, 2.05) is 42.5 Å². The van der Waals surface area contributed by atoms with E-state index >= 15 is 9.59 Å². The molecule has 2 N–H and O–H groups in total. The number of hydrogen-bond acceptors (Lipinski definition) is 9. The number of allylic oxidation sites excluding steroid dienone is 2. The van der Waals surface area contributed by atoms with Crippen LogP contribution in [-0.4, -0.2) is 83.0 Å². The predicted molar refractivity (Wildman–Crippen MR) is 226 cm³/mol. The van der Waals surface area contributed by atoms with Crippen LogP contribution in [0.15, 0.2) is 109 Å². The highest BCUT2D eigenvalue weighted by Crippen LogP contribution is 2.64. The number of imide groups is 2. The predicted octanol–water partition coefficient (Wildman–Crippen LogP) is 7.02. The number of piperidine rings is 1. The molecule has 3 heterocycles. The number of aliphatic hydroxyl groups excluding tert-OH is 1. The van der Waals surface area contributed by atoms with Crippen molar-refractivity contribution < 1.29 is 33.8 Å². The van der Waals surface area contributed by atoms with Gasteiger partial charge in [-0.05, 0) is 90.8 Å². The van der Waals surface area contributed by atoms with Crippen molar-refractivity contribution >= 4 is 52.5 Å². The van der Waals surface area contributed by atoms with Gasteiger partial charge in [0.2, 0.25) is 11.8 Å². The summed E-state index contributed by atoms with van der Waals surface area (Å²) in [4.78, 5) is 63.9. The Balaban J connectivity index is 1.11. The van der Waals surface area contributed by atoms with Gasteiger partial charge in [-0.15, -0.1) is 0 Å². The zero-order valence-corrected chi connectivity index (χ0v) is 34.6. The van der Waals surface area contributed by atoms with E-state index in [2.05, 4.69) is 28.5 Å². The first-order chi connectivity index (χ1) is 29.1. The molecule has 9 rings (SSSR count). The normalized spacial score (nSPS) is 26.7. The third kappa shape index (κ3) is 6.76. The minimum absolute atomic E-state index is 0.108. The van der Waals surface area contributed by atoms with Gasteiger partial charge in [0.25, 0.3) is 11.8 Å². The average Bonchev–Trinajstić information content (AvgIpc) is 3.65. The topological polar surface area (TPSA) is 129 Å². The molecule has 6 atom stereocenters. The fourth-order valence-corrected chi connectivity index (χ4v) is 11.2. The zero-order valence-electron chi connectivity index (χ0n) is 33.1. The fourth-order valence-electron chi connectivity index (χ4n) is 10.7. The maximum Gasteiger partial charge on any atom is 0.260 e. The van der Waals surface area contributed by atoms with E-state index in [1.54, 1.807) is 48.4 Å². The molecule has 13 heteroatoms. The van der Waals surface area contributed by atoms with Crippen molar-refractivity contribution in [3.05, 3.63) is 135 Å². The average molecular weight is 850 g/mol. The number of methoxy groups -OCH3 is 1. The van der Waals surface area contributed by atoms with Gasteiger partial charge in [-0.2, -0.15) is 5.01 Å². The number of anilines is 1. The summed E-state index contributed by atoms with van der Waals surface area (Å²) in [5.74, 6) is -3.55. The van der Waals surface area contributed by atoms with Gasteiger partial charge in [0.05, 0.1) is 47.6 Å². The van der Waals surface area contributed by atoms with Crippen LogP contribution in [0, 0.1) is 23.7 Å². The smallest absolute Gasteiger partial charge is 0.260 e. The number of hydrogen-bond donors (Lipinski definition) is 2. The summed E-state index contributed by atoms with van der Waals surface area (Å²) in [5, 5.41) is 11.1. The van der Waals surface area contributed by atoms with Gasteiger partial charge in [-0.1, -0.05) is 89.4 Å². The van der Waals surface area contributed by atoms with Gasteiger partial charge in [0.15, 0.2) is 0 Å². The Hall–Kier alpha value is -5.20. The number of carbonyl (C=O) groups is 4. The Labute approximate surface area is 358 Å². The Morgan fingerprint density at radius 2 is 1.55 bits per heavy atom. The lowest BCUT2D eigenvalue weighted by molar-refractivity contribution is -0.144. The third-order valence-corrected chi connectivity index (χ3v) is 13.9. The molecule has 0 aromatic heterocycles. The number of carbonyl (C=O) groups excluding carboxylic acids is 4. The highest BCUT2D eigenvalue weighted by atomic mass is 35.5. The van der Waals surface area contributed by atoms with Crippen molar-refractivity contribution in [1.29, 1.82) is 0 Å². The van der Waals surface area contributed by atoms with Crippen molar-refractivity contribution in [3.8, 4) is 11.5 Å². The number of aliphatic hydroxyl groups is 1. The first-order valence-corrected chi connectivity index (χ1v) is 21.3. The maximum atomic E-state index is 15.5. The standard InChI is InChI=1S/C47H46Cl2N4O7/c1-59-33-14-9-30(10-15-33)47-38(44(56)53(46(47)58)50-40-18-11-31(48)25-39(40)49)26-37-35(42(47)29-7-12-34(13-8-29)60-24-23-54)16-17-36-41(37)45(57)52(43(36)55)32-19-21-51(22-20-32)27-28-5-3-2-4-6-28/h2-16,18,25,32,36-38,41-42,50,54H,17,19-24,26-27H2,1H3/t36-,37+,38-,41-,42-,47+/m0/s1. The van der Waals surface area contributed by atoms with Crippen molar-refractivity contribution in [2.24, 2.45) is 23.7 Å². The van der Waals surface area contributed by atoms with Crippen LogP contribution in [0.1, 0.15) is 48.3 Å². The third-order valence-electron chi connectivity index (χ3n) is 13.4. The minimum atomic E-state index is -1.48. The van der Waals surface area contributed by atoms with E-state index in [1.165, 1.54) is 11.6 Å². The van der Waals surface area contributed by atoms with Crippen molar-refractivity contribution in [2.45, 2.75) is 49.6 Å². The van der Waals surface area contributed by atoms with Gasteiger partial charge < -0.3 is 14.6 Å². The number of ether oxygens (including phenoxy) is 2. The molecule has 0 bridgehead atoms. The summed E-state index contributed by atoms with van der Waals surface area (Å²) in [6.07, 6.45) is 3.95. The number of amides is 4. The zero-order chi connectivity index (χ0) is 41.7. The number of nitrogens with one attached hydrogen (secondary N) is 1. The molecule has 4 aromatic carbocycles. The van der Waals surface area contributed by atoms with Crippen molar-refractivity contribution in [2.75, 3.05) is 38.8 Å². The van der Waals surface area contributed by atoms with Crippen LogP contribution >= 0.6 is 23.2 Å². The maximum absolute atomic E-state index is 15.5. The lowest BCUT2D eigenvalue weighted by Crippen LogP contribution is -2.53. The summed E-state index contributed by atoms with van der Waals surface area (Å²) < 4.78 is 11.2. The summed E-state index contributed by atoms with van der Waals surface area (Å²) in [5.41, 5.74) is 5.34. The van der Waals surface area contributed by atoms with Crippen LogP contribution in [-0.2, 0) is 31.1 Å². The van der Waals surface area contributed by atoms with Crippen molar-refractivity contribution in [1.82, 2.24) is 14.8 Å². The van der Waals surface area contributed by atoms with Crippen LogP contribution < -0.4 is 14.9 Å². The van der Waals surface area contributed by atoms with Gasteiger partial charge in [0.1, 0.15) is 18.1 Å². The molecule has 0 radical (unpaired) electrons. The number of nitrogens with zero attached hydrogens (tertiary/aromatic N) is 3. The quantitative estimate of drug-likeness (QED) is 0.121. The van der Waals surface area contributed by atoms with E-state index in [9.17, 15) is 14.7 Å². The van der Waals surface area contributed by atoms with Gasteiger partial charge in [0, 0.05) is 36.6 Å². The summed E-state index contributed by atoms with van der Waals surface area (Å²) >= 11 is 12.8. The number of hydrazine groups is 1. The molecule has 1 saturated carbocycles. The Kier molecular flexibility index (Phi) is 11.0. The molecule has 310 valence electrons. The lowest BCUT2D eigenvalue weighted by Gasteiger charge is -2.50. The second-order valence-corrected chi connectivity index (χ2v) is 17.2. The van der Waals surface area contributed by atoms with E-state index in [0.717, 1.165) is 35.8 Å². The number of benzene rings is 4. The van der Waals surface area contributed by atoms with Crippen LogP contribution in [0.2, 0.25) is 10.0 Å². The molecular formula is C47H46Cl2N4O7. The first-order valence-electron chi connectivity index (χ1n) is 20.6. The highest BCUT2D eigenvalue weighted by molar-refractivity contribution is 6.36. The molecular weight excluding hydrogens is 803 g/mol. The second-order valence-electron chi connectivity index (χ2n) is 16.4. The van der Waals surface area contributed by atoms with Crippen LogP contribution in [0.4, 0.5) is 5.69 Å². The van der Waals surface area contributed by atoms with E-state index in [0.29, 0.717) is 47.0 Å². The molecule has 60 heavy (non-hydrogen) atoms. The number of fused-ring (bicyclic) bond motifs is 4. The van der Waals surface area contributed by atoms with E-state index in [-0.39, 0.29) is 42.5 Å². The summed E-state index contributed by atoms with van der Waals surface area (Å²) in [6.45, 7) is 2.30. The van der Waals surface area contributed by atoms with Crippen LogP contribution in [0.25, 0.3) is 0 Å². The molecule has 4 aromatic rings. The summed E-state index contributed by atoms with van der Waals surface area (Å²) in [7, 11) is 1.57. The Morgan fingerprint density at radius 3 is 2.23 bits per heavy atom. The number of rotatable bonds is 11. The monoisotopic (exact) mass is 848 g/mol. The van der Waals surface area contributed by atoms with E-state index < -0.39 is 46.8 Å².